The number of nitrogens with one attached hydrogen (secondary N) is 1. The van der Waals surface area contributed by atoms with Gasteiger partial charge in [-0.3, -0.25) is 9.78 Å². The largest absolute Gasteiger partial charge is 0.493 e. The molecular formula is C17H18N2O3. The predicted molar refractivity (Wildman–Crippen MR) is 83.3 cm³/mol. The Morgan fingerprint density at radius 1 is 1.09 bits per heavy atom. The van der Waals surface area contributed by atoms with Crippen LogP contribution in [0.2, 0.25) is 0 Å². The van der Waals surface area contributed by atoms with Crippen molar-refractivity contribution in [2.24, 2.45) is 0 Å². The summed E-state index contributed by atoms with van der Waals surface area (Å²) in [5, 5.41) is 2.97. The summed E-state index contributed by atoms with van der Waals surface area (Å²) in [4.78, 5) is 16.3. The van der Waals surface area contributed by atoms with Gasteiger partial charge in [0, 0.05) is 24.0 Å². The van der Waals surface area contributed by atoms with Crippen molar-refractivity contribution >= 4 is 5.91 Å². The molecule has 1 heterocycles. The van der Waals surface area contributed by atoms with Crippen molar-refractivity contribution in [3.8, 4) is 22.6 Å². The van der Waals surface area contributed by atoms with E-state index in [0.29, 0.717) is 23.1 Å². The van der Waals surface area contributed by atoms with Crippen LogP contribution in [0.4, 0.5) is 0 Å². The normalized spacial score (nSPS) is 13.5. The molecule has 1 aliphatic carbocycles. The number of hydrogen-bond donors (Lipinski definition) is 1. The zero-order valence-corrected chi connectivity index (χ0v) is 12.6. The Morgan fingerprint density at radius 2 is 1.86 bits per heavy atom. The lowest BCUT2D eigenvalue weighted by Crippen LogP contribution is -2.25. The molecule has 1 N–H and O–H groups in total. The number of hydrogen-bond acceptors (Lipinski definition) is 4. The quantitative estimate of drug-likeness (QED) is 0.922. The molecule has 0 radical (unpaired) electrons. The summed E-state index contributed by atoms with van der Waals surface area (Å²) in [6.45, 7) is 0. The summed E-state index contributed by atoms with van der Waals surface area (Å²) >= 11 is 0. The SMILES string of the molecule is COc1ccc(-c2cncc(C(=O)NC3CC3)c2)cc1OC. The topological polar surface area (TPSA) is 60.5 Å². The van der Waals surface area contributed by atoms with Crippen molar-refractivity contribution in [3.05, 3.63) is 42.2 Å². The van der Waals surface area contributed by atoms with Crippen molar-refractivity contribution in [1.82, 2.24) is 10.3 Å². The molecule has 0 saturated heterocycles. The minimum absolute atomic E-state index is 0.0719. The van der Waals surface area contributed by atoms with Gasteiger partial charge in [0.25, 0.3) is 5.91 Å². The van der Waals surface area contributed by atoms with Crippen molar-refractivity contribution in [1.29, 1.82) is 0 Å². The highest BCUT2D eigenvalue weighted by Gasteiger charge is 2.24. The van der Waals surface area contributed by atoms with Crippen LogP contribution < -0.4 is 14.8 Å². The second kappa shape index (κ2) is 6.05. The first-order valence-electron chi connectivity index (χ1n) is 7.19. The van der Waals surface area contributed by atoms with E-state index in [0.717, 1.165) is 24.0 Å². The monoisotopic (exact) mass is 298 g/mol. The van der Waals surface area contributed by atoms with E-state index in [9.17, 15) is 4.79 Å². The van der Waals surface area contributed by atoms with Gasteiger partial charge in [0.15, 0.2) is 11.5 Å². The second-order valence-corrected chi connectivity index (χ2v) is 5.28. The molecule has 0 bridgehead atoms. The van der Waals surface area contributed by atoms with Gasteiger partial charge in [-0.25, -0.2) is 0 Å². The number of aromatic nitrogens is 1. The fourth-order valence-corrected chi connectivity index (χ4v) is 2.23. The van der Waals surface area contributed by atoms with E-state index in [1.807, 2.05) is 24.3 Å². The van der Waals surface area contributed by atoms with Gasteiger partial charge >= 0.3 is 0 Å². The standard InChI is InChI=1S/C17H18N2O3/c1-21-15-6-3-11(8-16(15)22-2)12-7-13(10-18-9-12)17(20)19-14-4-5-14/h3,6-10,14H,4-5H2,1-2H3,(H,19,20). The minimum Gasteiger partial charge on any atom is -0.493 e. The second-order valence-electron chi connectivity index (χ2n) is 5.28. The Labute approximate surface area is 129 Å². The molecule has 1 aliphatic rings. The third-order valence-electron chi connectivity index (χ3n) is 3.63. The van der Waals surface area contributed by atoms with Gasteiger partial charge in [0.1, 0.15) is 0 Å². The van der Waals surface area contributed by atoms with Gasteiger partial charge < -0.3 is 14.8 Å². The average Bonchev–Trinajstić information content (AvgIpc) is 3.38. The van der Waals surface area contributed by atoms with Crippen LogP contribution in [0.1, 0.15) is 23.2 Å². The molecule has 0 unspecified atom stereocenters. The van der Waals surface area contributed by atoms with E-state index in [-0.39, 0.29) is 5.91 Å². The highest BCUT2D eigenvalue weighted by molar-refractivity contribution is 5.95. The molecule has 0 aliphatic heterocycles. The lowest BCUT2D eigenvalue weighted by atomic mass is 10.1. The Kier molecular flexibility index (Phi) is 3.96. The third kappa shape index (κ3) is 3.03. The fourth-order valence-electron chi connectivity index (χ4n) is 2.23. The molecule has 0 spiro atoms. The molecular weight excluding hydrogens is 280 g/mol. The van der Waals surface area contributed by atoms with E-state index < -0.39 is 0 Å². The highest BCUT2D eigenvalue weighted by Crippen LogP contribution is 2.32. The molecule has 1 fully saturated rings. The number of pyridine rings is 1. The molecule has 0 atom stereocenters. The summed E-state index contributed by atoms with van der Waals surface area (Å²) in [5.74, 6) is 1.24. The summed E-state index contributed by atoms with van der Waals surface area (Å²) in [7, 11) is 3.20. The van der Waals surface area contributed by atoms with Crippen LogP contribution >= 0.6 is 0 Å². The first-order chi connectivity index (χ1) is 10.7. The number of rotatable bonds is 5. The predicted octanol–water partition coefficient (Wildman–Crippen LogP) is 2.66. The number of amides is 1. The van der Waals surface area contributed by atoms with Crippen LogP contribution in [0.15, 0.2) is 36.7 Å². The number of methoxy groups -OCH3 is 2. The molecule has 1 saturated carbocycles. The van der Waals surface area contributed by atoms with Gasteiger partial charge in [-0.1, -0.05) is 6.07 Å². The average molecular weight is 298 g/mol. The molecule has 3 rings (SSSR count). The number of benzene rings is 1. The van der Waals surface area contributed by atoms with Gasteiger partial charge in [-0.2, -0.15) is 0 Å². The Morgan fingerprint density at radius 3 is 2.55 bits per heavy atom. The Bertz CT molecular complexity index is 696. The summed E-state index contributed by atoms with van der Waals surface area (Å²) in [6.07, 6.45) is 5.44. The van der Waals surface area contributed by atoms with Crippen LogP contribution in [0, 0.1) is 0 Å². The smallest absolute Gasteiger partial charge is 0.253 e. The fraction of sp³-hybridized carbons (Fsp3) is 0.294. The first kappa shape index (κ1) is 14.4. The Hall–Kier alpha value is -2.56. The molecule has 114 valence electrons. The van der Waals surface area contributed by atoms with Crippen molar-refractivity contribution in [3.63, 3.8) is 0 Å². The van der Waals surface area contributed by atoms with Gasteiger partial charge in [-0.05, 0) is 36.6 Å². The number of ether oxygens (including phenoxy) is 2. The molecule has 1 aromatic heterocycles. The third-order valence-corrected chi connectivity index (χ3v) is 3.63. The zero-order chi connectivity index (χ0) is 15.5. The van der Waals surface area contributed by atoms with E-state index in [1.165, 1.54) is 0 Å². The molecule has 5 heteroatoms. The first-order valence-corrected chi connectivity index (χ1v) is 7.19. The van der Waals surface area contributed by atoms with E-state index in [2.05, 4.69) is 10.3 Å². The van der Waals surface area contributed by atoms with E-state index in [1.54, 1.807) is 26.6 Å². The van der Waals surface area contributed by atoms with Crippen molar-refractivity contribution in [2.75, 3.05) is 14.2 Å². The van der Waals surface area contributed by atoms with Crippen molar-refractivity contribution < 1.29 is 14.3 Å². The number of nitrogens with zero attached hydrogens (tertiary/aromatic N) is 1. The zero-order valence-electron chi connectivity index (χ0n) is 12.6. The maximum atomic E-state index is 12.1. The maximum Gasteiger partial charge on any atom is 0.253 e. The summed E-state index contributed by atoms with van der Waals surface area (Å²) < 4.78 is 10.5. The van der Waals surface area contributed by atoms with E-state index >= 15 is 0 Å². The molecule has 22 heavy (non-hydrogen) atoms. The van der Waals surface area contributed by atoms with Crippen LogP contribution in [0.3, 0.4) is 0 Å². The van der Waals surface area contributed by atoms with Crippen molar-refractivity contribution in [2.45, 2.75) is 18.9 Å². The summed E-state index contributed by atoms with van der Waals surface area (Å²) in [5.41, 5.74) is 2.36. The molecule has 1 amide bonds. The van der Waals surface area contributed by atoms with Gasteiger partial charge in [0.2, 0.25) is 0 Å². The lowest BCUT2D eigenvalue weighted by Gasteiger charge is -2.10. The van der Waals surface area contributed by atoms with Crippen LogP contribution in [-0.2, 0) is 0 Å². The van der Waals surface area contributed by atoms with Crippen LogP contribution in [0.5, 0.6) is 11.5 Å². The molecule has 5 nitrogen and oxygen atoms in total. The molecule has 1 aromatic carbocycles. The summed E-state index contributed by atoms with van der Waals surface area (Å²) in [6, 6.07) is 7.80. The maximum absolute atomic E-state index is 12.1. The number of carbonyl (C=O) groups is 1. The lowest BCUT2D eigenvalue weighted by molar-refractivity contribution is 0.0950. The Balaban J connectivity index is 1.89. The minimum atomic E-state index is -0.0719. The van der Waals surface area contributed by atoms with Gasteiger partial charge in [0.05, 0.1) is 19.8 Å². The number of carbonyl (C=O) groups excluding carboxylic acids is 1. The van der Waals surface area contributed by atoms with Crippen LogP contribution in [0.25, 0.3) is 11.1 Å². The van der Waals surface area contributed by atoms with Crippen LogP contribution in [-0.4, -0.2) is 31.2 Å². The van der Waals surface area contributed by atoms with E-state index in [4.69, 9.17) is 9.47 Å². The highest BCUT2D eigenvalue weighted by atomic mass is 16.5. The van der Waals surface area contributed by atoms with Gasteiger partial charge in [-0.15, -0.1) is 0 Å². The molecule has 2 aromatic rings.